The van der Waals surface area contributed by atoms with E-state index in [1.807, 2.05) is 37.3 Å². The van der Waals surface area contributed by atoms with Crippen LogP contribution in [0.4, 0.5) is 0 Å². The number of nitrogens with zero attached hydrogens (tertiary/aromatic N) is 1. The van der Waals surface area contributed by atoms with E-state index in [9.17, 15) is 4.79 Å². The van der Waals surface area contributed by atoms with Crippen LogP contribution in [0.5, 0.6) is 0 Å². The van der Waals surface area contributed by atoms with Crippen molar-refractivity contribution >= 4 is 17.2 Å². The van der Waals surface area contributed by atoms with E-state index in [1.54, 1.807) is 0 Å². The number of benzene rings is 1. The third kappa shape index (κ3) is 2.80. The lowest BCUT2D eigenvalue weighted by Crippen LogP contribution is -2.37. The minimum Gasteiger partial charge on any atom is -0.348 e. The second-order valence-corrected chi connectivity index (χ2v) is 7.65. The van der Waals surface area contributed by atoms with E-state index in [1.165, 1.54) is 37.0 Å². The van der Waals surface area contributed by atoms with Gasteiger partial charge in [0, 0.05) is 11.6 Å². The van der Waals surface area contributed by atoms with Crippen molar-refractivity contribution in [3.05, 3.63) is 40.2 Å². The number of rotatable bonds is 5. The van der Waals surface area contributed by atoms with Crippen LogP contribution < -0.4 is 5.32 Å². The number of carbonyl (C=O) groups is 1. The zero-order chi connectivity index (χ0) is 15.1. The zero-order valence-corrected chi connectivity index (χ0v) is 13.5. The highest BCUT2D eigenvalue weighted by atomic mass is 32.1. The molecule has 1 amide bonds. The molecular formula is C18H20N2OS. The topological polar surface area (TPSA) is 42.0 Å². The number of nitrogens with one attached hydrogen (secondary N) is 1. The molecule has 0 spiro atoms. The molecule has 4 heteroatoms. The minimum absolute atomic E-state index is 0.0632. The van der Waals surface area contributed by atoms with Crippen LogP contribution in [0.1, 0.15) is 40.4 Å². The van der Waals surface area contributed by atoms with Crippen molar-refractivity contribution in [2.75, 3.05) is 0 Å². The van der Waals surface area contributed by atoms with Gasteiger partial charge >= 0.3 is 0 Å². The van der Waals surface area contributed by atoms with E-state index in [2.05, 4.69) is 10.3 Å². The summed E-state index contributed by atoms with van der Waals surface area (Å²) in [7, 11) is 0. The lowest BCUT2D eigenvalue weighted by molar-refractivity contribution is 0.0931. The Kier molecular flexibility index (Phi) is 3.49. The molecule has 114 valence electrons. The largest absolute Gasteiger partial charge is 0.348 e. The first-order chi connectivity index (χ1) is 10.7. The van der Waals surface area contributed by atoms with Crippen LogP contribution >= 0.6 is 11.3 Å². The standard InChI is InChI=1S/C18H20N2OS/c1-11-19-16(12-5-3-2-4-6-12)17(22-11)18(21)20-15(13-7-8-13)14-9-10-14/h2-6,13-15H,7-10H2,1H3,(H,20,21). The molecule has 0 radical (unpaired) electrons. The molecule has 0 aliphatic heterocycles. The van der Waals surface area contributed by atoms with Crippen molar-refractivity contribution in [3.8, 4) is 11.3 Å². The fourth-order valence-corrected chi connectivity index (χ4v) is 3.96. The highest BCUT2D eigenvalue weighted by Crippen LogP contribution is 2.44. The van der Waals surface area contributed by atoms with Gasteiger partial charge in [0.2, 0.25) is 0 Å². The van der Waals surface area contributed by atoms with Gasteiger partial charge in [0.15, 0.2) is 0 Å². The molecule has 0 bridgehead atoms. The molecule has 22 heavy (non-hydrogen) atoms. The Hall–Kier alpha value is -1.68. The monoisotopic (exact) mass is 312 g/mol. The maximum atomic E-state index is 12.8. The van der Waals surface area contributed by atoms with Crippen LogP contribution in [0.2, 0.25) is 0 Å². The maximum Gasteiger partial charge on any atom is 0.263 e. The Labute approximate surface area is 134 Å². The molecule has 2 aromatic rings. The third-order valence-corrected chi connectivity index (χ3v) is 5.51. The molecule has 2 aliphatic carbocycles. The predicted octanol–water partition coefficient (Wildman–Crippen LogP) is 4.04. The van der Waals surface area contributed by atoms with Gasteiger partial charge in [-0.05, 0) is 44.4 Å². The fourth-order valence-electron chi connectivity index (χ4n) is 3.12. The van der Waals surface area contributed by atoms with Crippen molar-refractivity contribution in [1.82, 2.24) is 10.3 Å². The van der Waals surface area contributed by atoms with Gasteiger partial charge in [-0.1, -0.05) is 30.3 Å². The highest BCUT2D eigenvalue weighted by Gasteiger charge is 2.42. The SMILES string of the molecule is Cc1nc(-c2ccccc2)c(C(=O)NC(C2CC2)C2CC2)s1. The molecule has 3 nitrogen and oxygen atoms in total. The van der Waals surface area contributed by atoms with E-state index >= 15 is 0 Å². The molecule has 1 aromatic heterocycles. The molecule has 2 aliphatic rings. The smallest absolute Gasteiger partial charge is 0.263 e. The molecule has 4 rings (SSSR count). The van der Waals surface area contributed by atoms with Crippen molar-refractivity contribution in [1.29, 1.82) is 0 Å². The average molecular weight is 312 g/mol. The van der Waals surface area contributed by atoms with Gasteiger partial charge in [-0.15, -0.1) is 11.3 Å². The van der Waals surface area contributed by atoms with Crippen molar-refractivity contribution < 1.29 is 4.79 Å². The van der Waals surface area contributed by atoms with Crippen molar-refractivity contribution in [3.63, 3.8) is 0 Å². The normalized spacial score (nSPS) is 17.7. The van der Waals surface area contributed by atoms with E-state index in [0.717, 1.165) is 21.1 Å². The van der Waals surface area contributed by atoms with Crippen LogP contribution in [-0.4, -0.2) is 16.9 Å². The third-order valence-electron chi connectivity index (χ3n) is 4.55. The molecule has 0 atom stereocenters. The van der Waals surface area contributed by atoms with Crippen LogP contribution in [0.3, 0.4) is 0 Å². The summed E-state index contributed by atoms with van der Waals surface area (Å²) in [5.41, 5.74) is 1.84. The summed E-state index contributed by atoms with van der Waals surface area (Å²) < 4.78 is 0. The minimum atomic E-state index is 0.0632. The lowest BCUT2D eigenvalue weighted by atomic mass is 10.1. The molecular weight excluding hydrogens is 292 g/mol. The molecule has 1 heterocycles. The first-order valence-electron chi connectivity index (χ1n) is 8.06. The van der Waals surface area contributed by atoms with Crippen LogP contribution in [0.25, 0.3) is 11.3 Å². The Balaban J connectivity index is 1.60. The molecule has 2 saturated carbocycles. The number of aryl methyl sites for hydroxylation is 1. The van der Waals surface area contributed by atoms with E-state index in [0.29, 0.717) is 17.9 Å². The number of carbonyl (C=O) groups excluding carboxylic acids is 1. The van der Waals surface area contributed by atoms with E-state index in [4.69, 9.17) is 0 Å². The first kappa shape index (κ1) is 13.9. The summed E-state index contributed by atoms with van der Waals surface area (Å²) in [5, 5.41) is 4.26. The number of amides is 1. The first-order valence-corrected chi connectivity index (χ1v) is 8.88. The lowest BCUT2D eigenvalue weighted by Gasteiger charge is -2.17. The van der Waals surface area contributed by atoms with Gasteiger partial charge in [0.05, 0.1) is 10.7 Å². The van der Waals surface area contributed by atoms with Gasteiger partial charge in [-0.2, -0.15) is 0 Å². The van der Waals surface area contributed by atoms with E-state index in [-0.39, 0.29) is 5.91 Å². The summed E-state index contributed by atoms with van der Waals surface area (Å²) >= 11 is 1.50. The number of aromatic nitrogens is 1. The molecule has 1 N–H and O–H groups in total. The fraction of sp³-hybridized carbons (Fsp3) is 0.444. The Morgan fingerprint density at radius 3 is 2.41 bits per heavy atom. The zero-order valence-electron chi connectivity index (χ0n) is 12.7. The van der Waals surface area contributed by atoms with Gasteiger partial charge in [-0.25, -0.2) is 4.98 Å². The van der Waals surface area contributed by atoms with Crippen LogP contribution in [0.15, 0.2) is 30.3 Å². The second kappa shape index (κ2) is 5.51. The van der Waals surface area contributed by atoms with Crippen molar-refractivity contribution in [2.24, 2.45) is 11.8 Å². The molecule has 2 fully saturated rings. The second-order valence-electron chi connectivity index (χ2n) is 6.45. The number of thiazole rings is 1. The van der Waals surface area contributed by atoms with Crippen LogP contribution in [-0.2, 0) is 0 Å². The number of hydrogen-bond donors (Lipinski definition) is 1. The van der Waals surface area contributed by atoms with Gasteiger partial charge < -0.3 is 5.32 Å². The summed E-state index contributed by atoms with van der Waals surface area (Å²) in [6.45, 7) is 1.97. The summed E-state index contributed by atoms with van der Waals surface area (Å²) in [5.74, 6) is 1.49. The van der Waals surface area contributed by atoms with Crippen molar-refractivity contribution in [2.45, 2.75) is 38.6 Å². The average Bonchev–Trinajstić information content (AvgIpc) is 3.44. The summed E-state index contributed by atoms with van der Waals surface area (Å²) in [6.07, 6.45) is 5.09. The number of hydrogen-bond acceptors (Lipinski definition) is 3. The predicted molar refractivity (Wildman–Crippen MR) is 89.0 cm³/mol. The molecule has 1 aromatic carbocycles. The Bertz CT molecular complexity index is 674. The van der Waals surface area contributed by atoms with Crippen LogP contribution in [0, 0.1) is 18.8 Å². The Morgan fingerprint density at radius 2 is 1.82 bits per heavy atom. The molecule has 0 saturated heterocycles. The summed E-state index contributed by atoms with van der Waals surface area (Å²) in [6, 6.07) is 10.4. The van der Waals surface area contributed by atoms with Gasteiger partial charge in [-0.3, -0.25) is 4.79 Å². The molecule has 0 unspecified atom stereocenters. The Morgan fingerprint density at radius 1 is 1.18 bits per heavy atom. The highest BCUT2D eigenvalue weighted by molar-refractivity contribution is 7.14. The van der Waals surface area contributed by atoms with Gasteiger partial charge in [0.1, 0.15) is 4.88 Å². The quantitative estimate of drug-likeness (QED) is 0.905. The summed E-state index contributed by atoms with van der Waals surface area (Å²) in [4.78, 5) is 18.1. The maximum absolute atomic E-state index is 12.8. The van der Waals surface area contributed by atoms with Gasteiger partial charge in [0.25, 0.3) is 5.91 Å². The van der Waals surface area contributed by atoms with E-state index < -0.39 is 0 Å².